The Balaban J connectivity index is 1.69. The Labute approximate surface area is 119 Å². The smallest absolute Gasteiger partial charge is 0.184 e. The lowest BCUT2D eigenvalue weighted by atomic mass is 10.2. The van der Waals surface area contributed by atoms with E-state index in [4.69, 9.17) is 9.47 Å². The van der Waals surface area contributed by atoms with E-state index in [1.807, 2.05) is 19.1 Å². The van der Waals surface area contributed by atoms with Crippen molar-refractivity contribution in [1.82, 2.24) is 4.90 Å². The van der Waals surface area contributed by atoms with Gasteiger partial charge < -0.3 is 19.5 Å². The van der Waals surface area contributed by atoms with E-state index in [-0.39, 0.29) is 6.10 Å². The number of hydrogen-bond donors (Lipinski definition) is 1. The van der Waals surface area contributed by atoms with Crippen molar-refractivity contribution < 1.29 is 14.6 Å². The van der Waals surface area contributed by atoms with Gasteiger partial charge in [-0.05, 0) is 19.1 Å². The van der Waals surface area contributed by atoms with E-state index < -0.39 is 0 Å². The van der Waals surface area contributed by atoms with Crippen LogP contribution in [0.4, 0.5) is 5.69 Å². The highest BCUT2D eigenvalue weighted by molar-refractivity contribution is 5.65. The number of β-amino-alcohol motifs (C(OH)–C–C–N with tert-alkyl or cyclic N) is 1. The molecule has 1 atom stereocenters. The van der Waals surface area contributed by atoms with Crippen molar-refractivity contribution in [2.45, 2.75) is 13.0 Å². The molecule has 1 aromatic rings. The molecule has 2 aliphatic heterocycles. The molecule has 20 heavy (non-hydrogen) atoms. The maximum absolute atomic E-state index is 9.45. The van der Waals surface area contributed by atoms with Gasteiger partial charge in [0.2, 0.25) is 0 Å². The molecule has 2 aliphatic rings. The van der Waals surface area contributed by atoms with Crippen LogP contribution in [0.25, 0.3) is 0 Å². The molecule has 1 fully saturated rings. The van der Waals surface area contributed by atoms with Crippen LogP contribution in [0.15, 0.2) is 18.2 Å². The van der Waals surface area contributed by atoms with Gasteiger partial charge in [0.05, 0.1) is 11.8 Å². The van der Waals surface area contributed by atoms with Crippen LogP contribution in [0.1, 0.15) is 6.92 Å². The first-order chi connectivity index (χ1) is 9.74. The Kier molecular flexibility index (Phi) is 3.98. The molecule has 0 bridgehead atoms. The second-order valence-electron chi connectivity index (χ2n) is 5.44. The number of anilines is 1. The summed E-state index contributed by atoms with van der Waals surface area (Å²) in [5.74, 6) is 1.72. The number of nitrogens with zero attached hydrogens (tertiary/aromatic N) is 2. The molecule has 0 spiro atoms. The Hall–Kier alpha value is -1.46. The molecular weight excluding hydrogens is 256 g/mol. The predicted octanol–water partition coefficient (Wildman–Crippen LogP) is 0.961. The Morgan fingerprint density at radius 1 is 1.15 bits per heavy atom. The van der Waals surface area contributed by atoms with Gasteiger partial charge >= 0.3 is 0 Å². The molecule has 0 radical (unpaired) electrons. The van der Waals surface area contributed by atoms with E-state index in [9.17, 15) is 5.11 Å². The van der Waals surface area contributed by atoms with Crippen molar-refractivity contribution in [3.05, 3.63) is 18.2 Å². The zero-order valence-electron chi connectivity index (χ0n) is 11.9. The largest absolute Gasteiger partial charge is 0.486 e. The van der Waals surface area contributed by atoms with Gasteiger partial charge in [-0.15, -0.1) is 0 Å². The number of aliphatic hydroxyl groups excluding tert-OH is 1. The van der Waals surface area contributed by atoms with Crippen molar-refractivity contribution in [2.24, 2.45) is 0 Å². The van der Waals surface area contributed by atoms with Gasteiger partial charge in [-0.1, -0.05) is 6.07 Å². The minimum atomic E-state index is -0.261. The predicted molar refractivity (Wildman–Crippen MR) is 77.8 cm³/mol. The van der Waals surface area contributed by atoms with Gasteiger partial charge in [-0.25, -0.2) is 0 Å². The summed E-state index contributed by atoms with van der Waals surface area (Å²) in [6, 6.07) is 6.07. The van der Waals surface area contributed by atoms with Crippen LogP contribution in [0.5, 0.6) is 11.5 Å². The number of ether oxygens (including phenoxy) is 2. The zero-order valence-corrected chi connectivity index (χ0v) is 11.9. The van der Waals surface area contributed by atoms with Crippen molar-refractivity contribution in [1.29, 1.82) is 0 Å². The SMILES string of the molecule is C[C@@H](O)CN1CCN(c2cccc3c2OCCO3)CC1. The Morgan fingerprint density at radius 2 is 1.90 bits per heavy atom. The van der Waals surface area contributed by atoms with Crippen LogP contribution in [-0.2, 0) is 0 Å². The Morgan fingerprint density at radius 3 is 2.65 bits per heavy atom. The molecule has 5 nitrogen and oxygen atoms in total. The van der Waals surface area contributed by atoms with Crippen LogP contribution in [0.2, 0.25) is 0 Å². The van der Waals surface area contributed by atoms with Crippen LogP contribution in [0.3, 0.4) is 0 Å². The molecule has 1 aromatic carbocycles. The standard InChI is InChI=1S/C15H22N2O3/c1-12(18)11-16-5-7-17(8-6-16)13-3-2-4-14-15(13)20-10-9-19-14/h2-4,12,18H,5-11H2,1H3/t12-/m1/s1. The average molecular weight is 278 g/mol. The third-order valence-electron chi connectivity index (χ3n) is 3.78. The molecule has 1 saturated heterocycles. The minimum Gasteiger partial charge on any atom is -0.486 e. The topological polar surface area (TPSA) is 45.2 Å². The second kappa shape index (κ2) is 5.89. The maximum atomic E-state index is 9.45. The van der Waals surface area contributed by atoms with Crippen LogP contribution >= 0.6 is 0 Å². The molecular formula is C15H22N2O3. The van der Waals surface area contributed by atoms with Gasteiger partial charge in [0.1, 0.15) is 13.2 Å². The fourth-order valence-electron chi connectivity index (χ4n) is 2.85. The van der Waals surface area contributed by atoms with Crippen molar-refractivity contribution >= 4 is 5.69 Å². The molecule has 5 heteroatoms. The molecule has 0 aromatic heterocycles. The van der Waals surface area contributed by atoms with Crippen molar-refractivity contribution in [3.8, 4) is 11.5 Å². The Bertz CT molecular complexity index is 456. The quantitative estimate of drug-likeness (QED) is 0.892. The van der Waals surface area contributed by atoms with E-state index in [0.717, 1.165) is 49.9 Å². The third-order valence-corrected chi connectivity index (χ3v) is 3.78. The molecule has 3 rings (SSSR count). The number of benzene rings is 1. The highest BCUT2D eigenvalue weighted by Crippen LogP contribution is 2.39. The molecule has 1 N–H and O–H groups in total. The van der Waals surface area contributed by atoms with Gasteiger partial charge in [0.25, 0.3) is 0 Å². The highest BCUT2D eigenvalue weighted by atomic mass is 16.6. The first-order valence-electron chi connectivity index (χ1n) is 7.28. The lowest BCUT2D eigenvalue weighted by Crippen LogP contribution is -2.48. The normalized spacial score (nSPS) is 20.8. The van der Waals surface area contributed by atoms with Gasteiger partial charge in [-0.3, -0.25) is 4.90 Å². The summed E-state index contributed by atoms with van der Waals surface area (Å²) in [5.41, 5.74) is 1.12. The summed E-state index contributed by atoms with van der Waals surface area (Å²) in [6.45, 7) is 7.67. The van der Waals surface area contributed by atoms with Crippen molar-refractivity contribution in [2.75, 3.05) is 50.8 Å². The number of fused-ring (bicyclic) bond motifs is 1. The molecule has 0 amide bonds. The molecule has 0 saturated carbocycles. The molecule has 0 unspecified atom stereocenters. The first kappa shape index (κ1) is 13.5. The summed E-state index contributed by atoms with van der Waals surface area (Å²) in [4.78, 5) is 4.64. The zero-order chi connectivity index (χ0) is 13.9. The first-order valence-corrected chi connectivity index (χ1v) is 7.28. The van der Waals surface area contributed by atoms with Gasteiger partial charge in [0.15, 0.2) is 11.5 Å². The van der Waals surface area contributed by atoms with Crippen molar-refractivity contribution in [3.63, 3.8) is 0 Å². The average Bonchev–Trinajstić information content (AvgIpc) is 2.47. The minimum absolute atomic E-state index is 0.261. The lowest BCUT2D eigenvalue weighted by molar-refractivity contribution is 0.122. The van der Waals surface area contributed by atoms with Gasteiger partial charge in [-0.2, -0.15) is 0 Å². The van der Waals surface area contributed by atoms with E-state index in [1.165, 1.54) is 0 Å². The van der Waals surface area contributed by atoms with E-state index in [0.29, 0.717) is 13.2 Å². The van der Waals surface area contributed by atoms with E-state index in [1.54, 1.807) is 0 Å². The summed E-state index contributed by atoms with van der Waals surface area (Å²) in [6.07, 6.45) is -0.261. The number of piperazine rings is 1. The molecule has 2 heterocycles. The number of aliphatic hydroxyl groups is 1. The van der Waals surface area contributed by atoms with Crippen LogP contribution < -0.4 is 14.4 Å². The summed E-state index contributed by atoms with van der Waals surface area (Å²) >= 11 is 0. The third kappa shape index (κ3) is 2.83. The monoisotopic (exact) mass is 278 g/mol. The van der Waals surface area contributed by atoms with E-state index in [2.05, 4.69) is 15.9 Å². The second-order valence-corrected chi connectivity index (χ2v) is 5.44. The number of para-hydroxylation sites is 1. The lowest BCUT2D eigenvalue weighted by Gasteiger charge is -2.37. The number of hydrogen-bond acceptors (Lipinski definition) is 5. The fourth-order valence-corrected chi connectivity index (χ4v) is 2.85. The number of rotatable bonds is 3. The molecule has 0 aliphatic carbocycles. The van der Waals surface area contributed by atoms with Crippen LogP contribution in [0, 0.1) is 0 Å². The fraction of sp³-hybridized carbons (Fsp3) is 0.600. The molecule has 110 valence electrons. The van der Waals surface area contributed by atoms with Crippen LogP contribution in [-0.4, -0.2) is 62.0 Å². The van der Waals surface area contributed by atoms with E-state index >= 15 is 0 Å². The summed E-state index contributed by atoms with van der Waals surface area (Å²) < 4.78 is 11.4. The summed E-state index contributed by atoms with van der Waals surface area (Å²) in [5, 5.41) is 9.45. The van der Waals surface area contributed by atoms with Gasteiger partial charge in [0, 0.05) is 32.7 Å². The maximum Gasteiger partial charge on any atom is 0.184 e. The highest BCUT2D eigenvalue weighted by Gasteiger charge is 2.23. The summed E-state index contributed by atoms with van der Waals surface area (Å²) in [7, 11) is 0.